The number of fused-ring (bicyclic) bond motifs is 1. The molecule has 2 heterocycles. The van der Waals surface area contributed by atoms with Crippen LogP contribution < -0.4 is 10.6 Å². The Morgan fingerprint density at radius 3 is 3.00 bits per heavy atom. The van der Waals surface area contributed by atoms with Crippen molar-refractivity contribution in [1.29, 1.82) is 0 Å². The van der Waals surface area contributed by atoms with E-state index in [-0.39, 0.29) is 18.3 Å². The van der Waals surface area contributed by atoms with Gasteiger partial charge in [-0.15, -0.1) is 12.4 Å². The first kappa shape index (κ1) is 16.1. The first-order valence-corrected chi connectivity index (χ1v) is 6.92. The average Bonchev–Trinajstić information content (AvgIpc) is 2.87. The van der Waals surface area contributed by atoms with Gasteiger partial charge in [0.15, 0.2) is 0 Å². The zero-order valence-corrected chi connectivity index (χ0v) is 13.2. The molecular formula is C13H13Cl3N4O. The number of imidazole rings is 1. The number of rotatable bonds is 2. The fraction of sp³-hybridized carbons (Fsp3) is 0.231. The van der Waals surface area contributed by atoms with Crippen LogP contribution in [-0.2, 0) is 13.1 Å². The summed E-state index contributed by atoms with van der Waals surface area (Å²) in [6.07, 6.45) is 1.58. The van der Waals surface area contributed by atoms with Gasteiger partial charge in [0.2, 0.25) is 0 Å². The number of carbonyl (C=O) groups is 1. The summed E-state index contributed by atoms with van der Waals surface area (Å²) >= 11 is 11.9. The summed E-state index contributed by atoms with van der Waals surface area (Å²) in [4.78, 5) is 16.6. The normalized spacial score (nSPS) is 13.2. The van der Waals surface area contributed by atoms with Gasteiger partial charge >= 0.3 is 0 Å². The third-order valence-corrected chi connectivity index (χ3v) is 3.71. The van der Waals surface area contributed by atoms with Crippen LogP contribution in [0.1, 0.15) is 16.3 Å². The van der Waals surface area contributed by atoms with E-state index in [0.717, 1.165) is 18.9 Å². The van der Waals surface area contributed by atoms with Crippen LogP contribution in [-0.4, -0.2) is 22.0 Å². The molecule has 0 spiro atoms. The average molecular weight is 348 g/mol. The fourth-order valence-corrected chi connectivity index (χ4v) is 2.49. The molecule has 1 aliphatic rings. The summed E-state index contributed by atoms with van der Waals surface area (Å²) in [6.45, 7) is 2.22. The Kier molecular flexibility index (Phi) is 5.11. The molecule has 112 valence electrons. The third-order valence-electron chi connectivity index (χ3n) is 3.14. The smallest absolute Gasteiger partial charge is 0.273 e. The van der Waals surface area contributed by atoms with E-state index in [1.165, 1.54) is 0 Å². The molecule has 2 N–H and O–H groups in total. The Morgan fingerprint density at radius 2 is 2.19 bits per heavy atom. The minimum absolute atomic E-state index is 0. The van der Waals surface area contributed by atoms with Gasteiger partial charge in [0, 0.05) is 18.1 Å². The van der Waals surface area contributed by atoms with Crippen LogP contribution in [0.3, 0.4) is 0 Å². The second-order valence-corrected chi connectivity index (χ2v) is 5.31. The number of benzene rings is 1. The number of aromatic nitrogens is 2. The third kappa shape index (κ3) is 3.32. The highest BCUT2D eigenvalue weighted by molar-refractivity contribution is 6.35. The van der Waals surface area contributed by atoms with Gasteiger partial charge in [-0.3, -0.25) is 4.79 Å². The summed E-state index contributed by atoms with van der Waals surface area (Å²) in [7, 11) is 0. The van der Waals surface area contributed by atoms with Crippen molar-refractivity contribution in [1.82, 2.24) is 14.9 Å². The monoisotopic (exact) mass is 346 g/mol. The molecule has 8 heteroatoms. The zero-order chi connectivity index (χ0) is 14.1. The van der Waals surface area contributed by atoms with Gasteiger partial charge in [-0.05, 0) is 18.2 Å². The van der Waals surface area contributed by atoms with Crippen LogP contribution in [0, 0.1) is 0 Å². The number of amides is 1. The fourth-order valence-electron chi connectivity index (χ4n) is 2.16. The molecule has 0 saturated carbocycles. The van der Waals surface area contributed by atoms with Crippen molar-refractivity contribution in [2.24, 2.45) is 0 Å². The lowest BCUT2D eigenvalue weighted by molar-refractivity contribution is 0.101. The quantitative estimate of drug-likeness (QED) is 0.878. The van der Waals surface area contributed by atoms with E-state index >= 15 is 0 Å². The lowest BCUT2D eigenvalue weighted by Gasteiger charge is -2.17. The summed E-state index contributed by atoms with van der Waals surface area (Å²) in [6, 6.07) is 4.94. The van der Waals surface area contributed by atoms with Crippen molar-refractivity contribution in [3.05, 3.63) is 46.0 Å². The Labute approximate surface area is 138 Å². The van der Waals surface area contributed by atoms with Crippen molar-refractivity contribution in [3.8, 4) is 0 Å². The second kappa shape index (κ2) is 6.66. The van der Waals surface area contributed by atoms with Crippen LogP contribution in [0.25, 0.3) is 0 Å². The van der Waals surface area contributed by atoms with Crippen LogP contribution in [0.5, 0.6) is 0 Å². The Bertz CT molecular complexity index is 671. The highest BCUT2D eigenvalue weighted by Gasteiger charge is 2.19. The molecule has 1 aromatic carbocycles. The molecule has 0 bridgehead atoms. The lowest BCUT2D eigenvalue weighted by Crippen LogP contribution is -2.30. The standard InChI is InChI=1S/C13H12Cl2N4O.ClH/c14-8-1-2-9(15)10(5-8)18-13(20)11-6-17-12-7-16-3-4-19(11)12;/h1-2,5-6,16H,3-4,7H2,(H,18,20);1H. The number of nitrogens with zero attached hydrogens (tertiary/aromatic N) is 2. The Balaban J connectivity index is 0.00000161. The molecule has 21 heavy (non-hydrogen) atoms. The molecule has 0 radical (unpaired) electrons. The molecule has 3 rings (SSSR count). The first-order valence-electron chi connectivity index (χ1n) is 6.16. The Morgan fingerprint density at radius 1 is 1.38 bits per heavy atom. The van der Waals surface area contributed by atoms with Gasteiger partial charge in [-0.2, -0.15) is 0 Å². The lowest BCUT2D eigenvalue weighted by atomic mass is 10.3. The molecule has 1 amide bonds. The van der Waals surface area contributed by atoms with Crippen molar-refractivity contribution in [2.45, 2.75) is 13.1 Å². The van der Waals surface area contributed by atoms with Gasteiger partial charge in [-0.25, -0.2) is 4.98 Å². The summed E-state index contributed by atoms with van der Waals surface area (Å²) in [5.74, 6) is 0.619. The SMILES string of the molecule is Cl.O=C(Nc1cc(Cl)ccc1Cl)c1cnc2n1CCNC2. The highest BCUT2D eigenvalue weighted by Crippen LogP contribution is 2.26. The van der Waals surface area contributed by atoms with E-state index in [4.69, 9.17) is 23.2 Å². The van der Waals surface area contributed by atoms with Gasteiger partial charge in [0.25, 0.3) is 5.91 Å². The first-order chi connectivity index (χ1) is 9.65. The van der Waals surface area contributed by atoms with E-state index in [1.807, 2.05) is 4.57 Å². The van der Waals surface area contributed by atoms with Gasteiger partial charge in [-0.1, -0.05) is 23.2 Å². The minimum Gasteiger partial charge on any atom is -0.322 e. The topological polar surface area (TPSA) is 59.0 Å². The van der Waals surface area contributed by atoms with Crippen molar-refractivity contribution >= 4 is 47.2 Å². The minimum atomic E-state index is -0.241. The maximum atomic E-state index is 12.3. The maximum Gasteiger partial charge on any atom is 0.273 e. The van der Waals surface area contributed by atoms with Crippen molar-refractivity contribution in [3.63, 3.8) is 0 Å². The maximum absolute atomic E-state index is 12.3. The number of nitrogens with one attached hydrogen (secondary N) is 2. The number of anilines is 1. The number of hydrogen-bond acceptors (Lipinski definition) is 3. The zero-order valence-electron chi connectivity index (χ0n) is 10.9. The van der Waals surface area contributed by atoms with Crippen molar-refractivity contribution < 1.29 is 4.79 Å². The molecule has 2 aromatic rings. The van der Waals surface area contributed by atoms with Crippen LogP contribution in [0.4, 0.5) is 5.69 Å². The van der Waals surface area contributed by atoms with Crippen LogP contribution >= 0.6 is 35.6 Å². The Hall–Kier alpha value is -1.27. The van der Waals surface area contributed by atoms with E-state index in [9.17, 15) is 4.79 Å². The predicted molar refractivity (Wildman–Crippen MR) is 85.6 cm³/mol. The molecule has 0 aliphatic carbocycles. The molecule has 0 saturated heterocycles. The molecule has 0 fully saturated rings. The molecule has 0 atom stereocenters. The molecular weight excluding hydrogens is 335 g/mol. The molecule has 1 aromatic heterocycles. The predicted octanol–water partition coefficient (Wildman–Crippen LogP) is 2.97. The highest BCUT2D eigenvalue weighted by atomic mass is 35.5. The van der Waals surface area contributed by atoms with E-state index in [0.29, 0.717) is 28.0 Å². The molecule has 5 nitrogen and oxygen atoms in total. The van der Waals surface area contributed by atoms with Gasteiger partial charge in [0.1, 0.15) is 11.5 Å². The summed E-state index contributed by atoms with van der Waals surface area (Å²) in [5, 5.41) is 6.94. The van der Waals surface area contributed by atoms with E-state index in [2.05, 4.69) is 15.6 Å². The largest absolute Gasteiger partial charge is 0.322 e. The van der Waals surface area contributed by atoms with Crippen LogP contribution in [0.15, 0.2) is 24.4 Å². The van der Waals surface area contributed by atoms with Crippen molar-refractivity contribution in [2.75, 3.05) is 11.9 Å². The number of carbonyl (C=O) groups excluding carboxylic acids is 1. The summed E-state index contributed by atoms with van der Waals surface area (Å²) in [5.41, 5.74) is 1.02. The number of hydrogen-bond donors (Lipinski definition) is 2. The van der Waals surface area contributed by atoms with Gasteiger partial charge < -0.3 is 15.2 Å². The van der Waals surface area contributed by atoms with Crippen LogP contribution in [0.2, 0.25) is 10.0 Å². The number of halogens is 3. The van der Waals surface area contributed by atoms with Gasteiger partial charge in [0.05, 0.1) is 23.5 Å². The van der Waals surface area contributed by atoms with E-state index < -0.39 is 0 Å². The second-order valence-electron chi connectivity index (χ2n) is 4.47. The molecule has 0 unspecified atom stereocenters. The summed E-state index contributed by atoms with van der Waals surface area (Å²) < 4.78 is 1.91. The molecule has 1 aliphatic heterocycles. The van der Waals surface area contributed by atoms with E-state index in [1.54, 1.807) is 24.4 Å².